The van der Waals surface area contributed by atoms with Crippen molar-refractivity contribution in [1.82, 2.24) is 14.2 Å². The summed E-state index contributed by atoms with van der Waals surface area (Å²) in [5.41, 5.74) is 1.34. The molecule has 2 aromatic heterocycles. The molecule has 8 heteroatoms. The second-order valence-electron chi connectivity index (χ2n) is 6.33. The van der Waals surface area contributed by atoms with Gasteiger partial charge in [0.15, 0.2) is 0 Å². The lowest BCUT2D eigenvalue weighted by atomic mass is 10.1. The summed E-state index contributed by atoms with van der Waals surface area (Å²) < 4.78 is 2.43. The summed E-state index contributed by atoms with van der Waals surface area (Å²) in [6.07, 6.45) is 1.42. The molecule has 0 aliphatic rings. The van der Waals surface area contributed by atoms with E-state index in [0.717, 1.165) is 15.6 Å². The van der Waals surface area contributed by atoms with E-state index < -0.39 is 17.2 Å². The minimum atomic E-state index is -0.963. The lowest BCUT2D eigenvalue weighted by Gasteiger charge is -2.04. The molecule has 4 rings (SSSR count). The number of aliphatic carboxylic acids is 1. The molecule has 140 valence electrons. The Balaban J connectivity index is 1.90. The summed E-state index contributed by atoms with van der Waals surface area (Å²) in [4.78, 5) is 38.8. The van der Waals surface area contributed by atoms with Gasteiger partial charge in [-0.3, -0.25) is 9.59 Å². The van der Waals surface area contributed by atoms with Crippen molar-refractivity contribution >= 4 is 34.0 Å². The van der Waals surface area contributed by atoms with Crippen molar-refractivity contribution < 1.29 is 9.90 Å². The molecule has 2 heterocycles. The topological polar surface area (TPSA) is 109 Å². The molecule has 8 nitrogen and oxygen atoms in total. The molecular formula is C20H16N4O4. The van der Waals surface area contributed by atoms with E-state index in [-0.39, 0.29) is 6.54 Å². The first-order chi connectivity index (χ1) is 13.5. The number of fused-ring (bicyclic) bond motifs is 2. The van der Waals surface area contributed by atoms with Crippen LogP contribution in [-0.2, 0) is 11.3 Å². The van der Waals surface area contributed by atoms with Gasteiger partial charge in [-0.25, -0.2) is 4.79 Å². The number of carbonyl (C=O) groups is 1. The third kappa shape index (κ3) is 2.81. The van der Waals surface area contributed by atoms with E-state index in [0.29, 0.717) is 22.2 Å². The van der Waals surface area contributed by atoms with Crippen LogP contribution in [0.2, 0.25) is 0 Å². The summed E-state index contributed by atoms with van der Waals surface area (Å²) >= 11 is 0. The maximum absolute atomic E-state index is 12.6. The first-order valence-electron chi connectivity index (χ1n) is 8.55. The maximum atomic E-state index is 12.6. The molecule has 0 fully saturated rings. The minimum absolute atomic E-state index is 0.198. The molecule has 2 aromatic carbocycles. The Bertz CT molecular complexity index is 1370. The van der Waals surface area contributed by atoms with Crippen LogP contribution in [0.4, 0.5) is 0 Å². The Morgan fingerprint density at radius 1 is 1.11 bits per heavy atom. The molecule has 0 radical (unpaired) electrons. The second kappa shape index (κ2) is 6.66. The molecule has 0 saturated carbocycles. The monoisotopic (exact) mass is 376 g/mol. The van der Waals surface area contributed by atoms with E-state index in [1.807, 2.05) is 24.3 Å². The highest BCUT2D eigenvalue weighted by Crippen LogP contribution is 2.24. The number of carboxylic acid groups (broad SMARTS) is 1. The van der Waals surface area contributed by atoms with Gasteiger partial charge in [-0.2, -0.15) is 5.10 Å². The van der Waals surface area contributed by atoms with Gasteiger partial charge in [0.1, 0.15) is 6.54 Å². The van der Waals surface area contributed by atoms with E-state index in [1.165, 1.54) is 6.21 Å². The highest BCUT2D eigenvalue weighted by atomic mass is 16.4. The zero-order valence-electron chi connectivity index (χ0n) is 14.9. The summed E-state index contributed by atoms with van der Waals surface area (Å²) in [7, 11) is 0. The molecule has 4 aromatic rings. The van der Waals surface area contributed by atoms with Crippen molar-refractivity contribution in [2.75, 3.05) is 0 Å². The predicted molar refractivity (Wildman–Crippen MR) is 106 cm³/mol. The summed E-state index contributed by atoms with van der Waals surface area (Å²) in [5, 5.41) is 14.4. The van der Waals surface area contributed by atoms with Crippen molar-refractivity contribution in [3.63, 3.8) is 0 Å². The van der Waals surface area contributed by atoms with Gasteiger partial charge in [0, 0.05) is 22.2 Å². The summed E-state index contributed by atoms with van der Waals surface area (Å²) in [6, 6.07) is 14.0. The van der Waals surface area contributed by atoms with Crippen LogP contribution in [0.25, 0.3) is 21.8 Å². The zero-order valence-corrected chi connectivity index (χ0v) is 14.9. The highest BCUT2D eigenvalue weighted by molar-refractivity contribution is 6.01. The standard InChI is InChI=1S/C20H16N4O4/c1-12-15(13-6-3-5-9-17(13)23(12)11-18(25)26)10-21-24-19(27)14-7-2-4-8-16(14)22-20(24)28/h2-10H,11H2,1H3,(H,22,28)(H,25,26). The third-order valence-electron chi connectivity index (χ3n) is 4.66. The van der Waals surface area contributed by atoms with E-state index in [4.69, 9.17) is 0 Å². The quantitative estimate of drug-likeness (QED) is 0.530. The van der Waals surface area contributed by atoms with Crippen molar-refractivity contribution in [3.8, 4) is 0 Å². The minimum Gasteiger partial charge on any atom is -0.480 e. The van der Waals surface area contributed by atoms with Gasteiger partial charge in [0.25, 0.3) is 5.56 Å². The third-order valence-corrected chi connectivity index (χ3v) is 4.66. The van der Waals surface area contributed by atoms with Crippen LogP contribution in [0.1, 0.15) is 11.3 Å². The Hall–Kier alpha value is -3.94. The fraction of sp³-hybridized carbons (Fsp3) is 0.100. The number of hydrogen-bond donors (Lipinski definition) is 2. The molecule has 0 amide bonds. The van der Waals surface area contributed by atoms with Crippen LogP contribution in [0.15, 0.2) is 63.2 Å². The largest absolute Gasteiger partial charge is 0.480 e. The van der Waals surface area contributed by atoms with Gasteiger partial charge in [0.05, 0.1) is 17.1 Å². The number of benzene rings is 2. The van der Waals surface area contributed by atoms with E-state index >= 15 is 0 Å². The number of para-hydroxylation sites is 2. The number of nitrogens with zero attached hydrogens (tertiary/aromatic N) is 3. The number of rotatable bonds is 4. The normalized spacial score (nSPS) is 11.6. The Morgan fingerprint density at radius 2 is 1.79 bits per heavy atom. The van der Waals surface area contributed by atoms with Crippen LogP contribution in [0.3, 0.4) is 0 Å². The van der Waals surface area contributed by atoms with Crippen molar-refractivity contribution in [2.45, 2.75) is 13.5 Å². The fourth-order valence-electron chi connectivity index (χ4n) is 3.33. The first-order valence-corrected chi connectivity index (χ1v) is 8.55. The molecule has 0 aliphatic heterocycles. The predicted octanol–water partition coefficient (Wildman–Crippen LogP) is 1.92. The summed E-state index contributed by atoms with van der Waals surface area (Å²) in [6.45, 7) is 1.58. The molecule has 0 bridgehead atoms. The molecule has 0 atom stereocenters. The summed E-state index contributed by atoms with van der Waals surface area (Å²) in [5.74, 6) is -0.963. The molecule has 0 unspecified atom stereocenters. The number of nitrogens with one attached hydrogen (secondary N) is 1. The Kier molecular flexibility index (Phi) is 4.15. The van der Waals surface area contributed by atoms with Gasteiger partial charge >= 0.3 is 11.7 Å². The lowest BCUT2D eigenvalue weighted by molar-refractivity contribution is -0.137. The Labute approximate surface area is 158 Å². The SMILES string of the molecule is Cc1c(C=Nn2c(=O)[nH]c3ccccc3c2=O)c2ccccc2n1CC(=O)O. The van der Waals surface area contributed by atoms with Gasteiger partial charge < -0.3 is 14.7 Å². The second-order valence-corrected chi connectivity index (χ2v) is 6.33. The van der Waals surface area contributed by atoms with Crippen LogP contribution in [0.5, 0.6) is 0 Å². The van der Waals surface area contributed by atoms with Crippen LogP contribution in [0, 0.1) is 6.92 Å². The molecule has 0 saturated heterocycles. The fourth-order valence-corrected chi connectivity index (χ4v) is 3.33. The van der Waals surface area contributed by atoms with E-state index in [1.54, 1.807) is 35.8 Å². The smallest absolute Gasteiger partial charge is 0.349 e. The van der Waals surface area contributed by atoms with Crippen LogP contribution < -0.4 is 11.2 Å². The molecule has 28 heavy (non-hydrogen) atoms. The number of hydrogen-bond acceptors (Lipinski definition) is 4. The van der Waals surface area contributed by atoms with Gasteiger partial charge in [-0.15, -0.1) is 4.68 Å². The van der Waals surface area contributed by atoms with Crippen molar-refractivity contribution in [3.05, 3.63) is 80.6 Å². The maximum Gasteiger partial charge on any atom is 0.349 e. The van der Waals surface area contributed by atoms with Crippen LogP contribution >= 0.6 is 0 Å². The molecule has 0 aliphatic carbocycles. The Morgan fingerprint density at radius 3 is 2.54 bits per heavy atom. The first kappa shape index (κ1) is 17.5. The van der Waals surface area contributed by atoms with E-state index in [2.05, 4.69) is 10.1 Å². The molecule has 2 N–H and O–H groups in total. The number of aromatic nitrogens is 3. The highest BCUT2D eigenvalue weighted by Gasteiger charge is 2.14. The number of aromatic amines is 1. The van der Waals surface area contributed by atoms with Gasteiger partial charge in [-0.05, 0) is 25.1 Å². The lowest BCUT2D eigenvalue weighted by Crippen LogP contribution is -2.32. The zero-order chi connectivity index (χ0) is 19.8. The number of H-pyrrole nitrogens is 1. The van der Waals surface area contributed by atoms with Gasteiger partial charge in [-0.1, -0.05) is 30.3 Å². The van der Waals surface area contributed by atoms with E-state index in [9.17, 15) is 19.5 Å². The van der Waals surface area contributed by atoms with Crippen molar-refractivity contribution in [2.24, 2.45) is 5.10 Å². The number of carboxylic acids is 1. The average molecular weight is 376 g/mol. The van der Waals surface area contributed by atoms with Gasteiger partial charge in [0.2, 0.25) is 0 Å². The van der Waals surface area contributed by atoms with Crippen LogP contribution in [-0.4, -0.2) is 31.5 Å². The molecular weight excluding hydrogens is 360 g/mol. The van der Waals surface area contributed by atoms with Crippen molar-refractivity contribution in [1.29, 1.82) is 0 Å². The molecule has 0 spiro atoms. The average Bonchev–Trinajstić information content (AvgIpc) is 2.93.